The molecule has 3 atom stereocenters. The summed E-state index contributed by atoms with van der Waals surface area (Å²) < 4.78 is 15.9. The molecule has 0 aliphatic carbocycles. The van der Waals surface area contributed by atoms with Gasteiger partial charge >= 0.3 is 18.2 Å². The van der Waals surface area contributed by atoms with Gasteiger partial charge in [-0.2, -0.15) is 0 Å². The van der Waals surface area contributed by atoms with E-state index < -0.39 is 42.2 Å². The third kappa shape index (κ3) is 10.1. The first kappa shape index (κ1) is 31.4. The average Bonchev–Trinajstić information content (AvgIpc) is 3.41. The third-order valence-corrected chi connectivity index (χ3v) is 6.70. The smallest absolute Gasteiger partial charge is 0.408 e. The van der Waals surface area contributed by atoms with Crippen LogP contribution < -0.4 is 10.6 Å². The topological polar surface area (TPSA) is 144 Å². The fourth-order valence-corrected chi connectivity index (χ4v) is 4.54. The Hall–Kier alpha value is -4.12. The number of benzene rings is 2. The molecule has 1 aliphatic rings. The second-order valence-corrected chi connectivity index (χ2v) is 9.73. The van der Waals surface area contributed by atoms with Crippen molar-refractivity contribution in [2.45, 2.75) is 70.4 Å². The van der Waals surface area contributed by atoms with Gasteiger partial charge in [-0.05, 0) is 36.8 Å². The number of hydrogen-bond donors (Lipinski definition) is 3. The molecule has 3 rings (SSSR count). The molecule has 0 bridgehead atoms. The second-order valence-electron chi connectivity index (χ2n) is 9.73. The highest BCUT2D eigenvalue weighted by atomic mass is 16.6. The summed E-state index contributed by atoms with van der Waals surface area (Å²) in [6.07, 6.45) is 0.982. The number of aliphatic hydroxyl groups is 1. The van der Waals surface area contributed by atoms with E-state index in [1.54, 1.807) is 24.3 Å². The van der Waals surface area contributed by atoms with Crippen molar-refractivity contribution >= 4 is 24.1 Å². The minimum absolute atomic E-state index is 0.0220. The van der Waals surface area contributed by atoms with Crippen LogP contribution in [0.3, 0.4) is 0 Å². The SMILES string of the molecule is CCCCOC(=O)[C@@H]1CC[C@H](CCO)N1C(=O)[C@H](CNC(=O)OCc1ccccc1)NC(=O)OCc1ccccc1. The van der Waals surface area contributed by atoms with Gasteiger partial charge in [0.1, 0.15) is 25.3 Å². The first-order valence-corrected chi connectivity index (χ1v) is 13.9. The fourth-order valence-electron chi connectivity index (χ4n) is 4.54. The predicted octanol–water partition coefficient (Wildman–Crippen LogP) is 3.29. The molecule has 0 radical (unpaired) electrons. The van der Waals surface area contributed by atoms with Crippen LogP contribution in [-0.2, 0) is 37.0 Å². The van der Waals surface area contributed by atoms with Crippen LogP contribution in [0.1, 0.15) is 50.2 Å². The van der Waals surface area contributed by atoms with Gasteiger partial charge in [0.05, 0.1) is 13.2 Å². The van der Waals surface area contributed by atoms with Crippen LogP contribution in [0.4, 0.5) is 9.59 Å². The Balaban J connectivity index is 1.71. The summed E-state index contributed by atoms with van der Waals surface area (Å²) in [7, 11) is 0. The lowest BCUT2D eigenvalue weighted by molar-refractivity contribution is -0.155. The van der Waals surface area contributed by atoms with Crippen molar-refractivity contribution in [3.63, 3.8) is 0 Å². The maximum atomic E-state index is 13.9. The Kier molecular flexibility index (Phi) is 12.9. The number of aliphatic hydroxyl groups excluding tert-OH is 1. The molecule has 3 amide bonds. The molecular formula is C30H39N3O8. The molecule has 41 heavy (non-hydrogen) atoms. The largest absolute Gasteiger partial charge is 0.464 e. The lowest BCUT2D eigenvalue weighted by Crippen LogP contribution is -2.57. The number of nitrogens with zero attached hydrogens (tertiary/aromatic N) is 1. The van der Waals surface area contributed by atoms with Gasteiger partial charge in [0.2, 0.25) is 5.91 Å². The molecule has 1 heterocycles. The van der Waals surface area contributed by atoms with Crippen LogP contribution >= 0.6 is 0 Å². The van der Waals surface area contributed by atoms with Gasteiger partial charge < -0.3 is 34.9 Å². The number of nitrogens with one attached hydrogen (secondary N) is 2. The van der Waals surface area contributed by atoms with Crippen LogP contribution in [0.5, 0.6) is 0 Å². The van der Waals surface area contributed by atoms with E-state index in [4.69, 9.17) is 14.2 Å². The molecule has 222 valence electrons. The number of esters is 1. The second kappa shape index (κ2) is 16.9. The molecule has 1 fully saturated rings. The number of carbonyl (C=O) groups is 4. The van der Waals surface area contributed by atoms with E-state index in [0.29, 0.717) is 19.3 Å². The van der Waals surface area contributed by atoms with Gasteiger partial charge in [-0.1, -0.05) is 74.0 Å². The molecule has 11 heteroatoms. The fraction of sp³-hybridized carbons (Fsp3) is 0.467. The van der Waals surface area contributed by atoms with Crippen LogP contribution in [0.15, 0.2) is 60.7 Å². The normalized spacial score (nSPS) is 16.9. The van der Waals surface area contributed by atoms with Crippen LogP contribution in [0.25, 0.3) is 0 Å². The first-order chi connectivity index (χ1) is 19.9. The Morgan fingerprint density at radius 2 is 1.51 bits per heavy atom. The van der Waals surface area contributed by atoms with Crippen LogP contribution in [-0.4, -0.2) is 72.0 Å². The lowest BCUT2D eigenvalue weighted by atomic mass is 10.1. The number of hydrogen-bond acceptors (Lipinski definition) is 8. The number of alkyl carbamates (subject to hydrolysis) is 2. The van der Waals surface area contributed by atoms with Crippen molar-refractivity contribution in [1.29, 1.82) is 0 Å². The molecule has 0 unspecified atom stereocenters. The molecule has 2 aromatic rings. The molecule has 2 aromatic carbocycles. The molecule has 11 nitrogen and oxygen atoms in total. The minimum Gasteiger partial charge on any atom is -0.464 e. The van der Waals surface area contributed by atoms with Gasteiger partial charge in [-0.15, -0.1) is 0 Å². The number of amides is 3. The highest BCUT2D eigenvalue weighted by Gasteiger charge is 2.44. The maximum absolute atomic E-state index is 13.9. The summed E-state index contributed by atoms with van der Waals surface area (Å²) in [5.41, 5.74) is 1.54. The monoisotopic (exact) mass is 569 g/mol. The van der Waals surface area contributed by atoms with Crippen molar-refractivity contribution in [3.8, 4) is 0 Å². The number of ether oxygens (including phenoxy) is 3. The molecular weight excluding hydrogens is 530 g/mol. The zero-order chi connectivity index (χ0) is 29.5. The third-order valence-electron chi connectivity index (χ3n) is 6.70. The number of carbonyl (C=O) groups excluding carboxylic acids is 4. The van der Waals surface area contributed by atoms with E-state index in [-0.39, 0.29) is 39.4 Å². The zero-order valence-corrected chi connectivity index (χ0v) is 23.3. The van der Waals surface area contributed by atoms with E-state index in [1.165, 1.54) is 4.90 Å². The van der Waals surface area contributed by atoms with Crippen molar-refractivity contribution in [3.05, 3.63) is 71.8 Å². The van der Waals surface area contributed by atoms with Gasteiger partial charge in [-0.25, -0.2) is 14.4 Å². The van der Waals surface area contributed by atoms with Crippen molar-refractivity contribution in [2.24, 2.45) is 0 Å². The van der Waals surface area contributed by atoms with E-state index in [0.717, 1.165) is 17.5 Å². The minimum atomic E-state index is -1.27. The molecule has 0 spiro atoms. The zero-order valence-electron chi connectivity index (χ0n) is 23.3. The quantitative estimate of drug-likeness (QED) is 0.179. The lowest BCUT2D eigenvalue weighted by Gasteiger charge is -2.32. The Morgan fingerprint density at radius 3 is 2.10 bits per heavy atom. The van der Waals surface area contributed by atoms with E-state index >= 15 is 0 Å². The summed E-state index contributed by atoms with van der Waals surface area (Å²) >= 11 is 0. The Bertz CT molecular complexity index is 1120. The number of likely N-dealkylation sites (tertiary alicyclic amines) is 1. The molecule has 1 saturated heterocycles. The maximum Gasteiger partial charge on any atom is 0.408 e. The summed E-state index contributed by atoms with van der Waals surface area (Å²) in [5, 5.41) is 14.7. The molecule has 0 saturated carbocycles. The summed E-state index contributed by atoms with van der Waals surface area (Å²) in [6, 6.07) is 15.5. The van der Waals surface area contributed by atoms with E-state index in [2.05, 4.69) is 10.6 Å². The van der Waals surface area contributed by atoms with Gasteiger partial charge in [-0.3, -0.25) is 4.79 Å². The number of unbranched alkanes of at least 4 members (excludes halogenated alkanes) is 1. The van der Waals surface area contributed by atoms with E-state index in [1.807, 2.05) is 43.3 Å². The van der Waals surface area contributed by atoms with Gasteiger partial charge in [0.25, 0.3) is 0 Å². The Labute approximate surface area is 240 Å². The first-order valence-electron chi connectivity index (χ1n) is 13.9. The molecule has 3 N–H and O–H groups in total. The van der Waals surface area contributed by atoms with E-state index in [9.17, 15) is 24.3 Å². The van der Waals surface area contributed by atoms with Gasteiger partial charge in [0, 0.05) is 12.6 Å². The Morgan fingerprint density at radius 1 is 0.902 bits per heavy atom. The summed E-state index contributed by atoms with van der Waals surface area (Å²) in [4.78, 5) is 53.3. The predicted molar refractivity (Wildman–Crippen MR) is 149 cm³/mol. The number of rotatable bonds is 14. The summed E-state index contributed by atoms with van der Waals surface area (Å²) in [5.74, 6) is -1.13. The standard InChI is InChI=1S/C30H39N3O8/c1-2-3-18-39-28(36)26-15-14-24(16-17-34)33(26)27(35)25(32-30(38)41-21-23-12-8-5-9-13-23)19-31-29(37)40-20-22-10-6-4-7-11-22/h4-13,24-26,34H,2-3,14-21H2,1H3,(H,31,37)(H,32,38)/t24-,25+,26+/m1/s1. The highest BCUT2D eigenvalue weighted by Crippen LogP contribution is 2.28. The molecule has 1 aliphatic heterocycles. The summed E-state index contributed by atoms with van der Waals surface area (Å²) in [6.45, 7) is 1.71. The van der Waals surface area contributed by atoms with Crippen molar-refractivity contribution < 1.29 is 38.5 Å². The molecule has 0 aromatic heterocycles. The van der Waals surface area contributed by atoms with Crippen LogP contribution in [0.2, 0.25) is 0 Å². The average molecular weight is 570 g/mol. The van der Waals surface area contributed by atoms with Gasteiger partial charge in [0.15, 0.2) is 0 Å². The van der Waals surface area contributed by atoms with Crippen molar-refractivity contribution in [2.75, 3.05) is 19.8 Å². The van der Waals surface area contributed by atoms with Crippen molar-refractivity contribution in [1.82, 2.24) is 15.5 Å². The van der Waals surface area contributed by atoms with Crippen LogP contribution in [0, 0.1) is 0 Å². The highest BCUT2D eigenvalue weighted by molar-refractivity contribution is 5.91.